The molecule has 0 aliphatic rings. The van der Waals surface area contributed by atoms with E-state index in [0.717, 1.165) is 12.0 Å². The molecule has 0 aliphatic carbocycles. The molecule has 0 unspecified atom stereocenters. The Morgan fingerprint density at radius 3 is 2.56 bits per heavy atom. The Labute approximate surface area is 155 Å². The van der Waals surface area contributed by atoms with Gasteiger partial charge in [-0.15, -0.1) is 0 Å². The maximum Gasteiger partial charge on any atom is 0.336 e. The zero-order chi connectivity index (χ0) is 19.2. The second-order valence-corrected chi connectivity index (χ2v) is 6.21. The molecular weight excluding hydrogens is 348 g/mol. The number of unbranched alkanes of at least 4 members (excludes halogenated alkanes) is 2. The van der Waals surface area contributed by atoms with Crippen LogP contribution < -0.4 is 10.4 Å². The average molecular weight is 368 g/mol. The number of aromatic hydroxyl groups is 1. The van der Waals surface area contributed by atoms with Crippen molar-refractivity contribution in [3.8, 4) is 22.6 Å². The fraction of sp³-hybridized carbons (Fsp3) is 0.238. The third kappa shape index (κ3) is 4.67. The lowest BCUT2D eigenvalue weighted by Crippen LogP contribution is -2.01. The number of phenolic OH excluding ortho intramolecular Hbond substituents is 1. The van der Waals surface area contributed by atoms with Crippen molar-refractivity contribution in [2.24, 2.45) is 0 Å². The third-order valence-electron chi connectivity index (χ3n) is 4.19. The number of hydrogen-bond donors (Lipinski definition) is 2. The molecule has 2 aromatic carbocycles. The van der Waals surface area contributed by atoms with Crippen molar-refractivity contribution in [2.45, 2.75) is 25.7 Å². The molecule has 0 spiro atoms. The Morgan fingerprint density at radius 1 is 1.04 bits per heavy atom. The van der Waals surface area contributed by atoms with Gasteiger partial charge in [0.15, 0.2) is 0 Å². The predicted molar refractivity (Wildman–Crippen MR) is 101 cm³/mol. The summed E-state index contributed by atoms with van der Waals surface area (Å²) in [5.74, 6) is -0.442. The van der Waals surface area contributed by atoms with E-state index in [0.29, 0.717) is 36.1 Å². The van der Waals surface area contributed by atoms with Crippen LogP contribution in [0.4, 0.5) is 0 Å². The second kappa shape index (κ2) is 8.40. The van der Waals surface area contributed by atoms with Gasteiger partial charge in [0.05, 0.1) is 12.0 Å². The minimum absolute atomic E-state index is 0.0315. The van der Waals surface area contributed by atoms with Gasteiger partial charge in [-0.2, -0.15) is 0 Å². The van der Waals surface area contributed by atoms with E-state index < -0.39 is 11.6 Å². The maximum atomic E-state index is 12.0. The van der Waals surface area contributed by atoms with Crippen LogP contribution in [0.15, 0.2) is 57.7 Å². The van der Waals surface area contributed by atoms with E-state index in [2.05, 4.69) is 0 Å². The smallest absolute Gasteiger partial charge is 0.336 e. The highest BCUT2D eigenvalue weighted by atomic mass is 16.5. The number of phenols is 1. The van der Waals surface area contributed by atoms with Gasteiger partial charge in [0.2, 0.25) is 0 Å². The fourth-order valence-electron chi connectivity index (χ4n) is 2.93. The van der Waals surface area contributed by atoms with Gasteiger partial charge in [0.25, 0.3) is 0 Å². The van der Waals surface area contributed by atoms with E-state index in [1.165, 1.54) is 12.1 Å². The minimum Gasteiger partial charge on any atom is -0.507 e. The van der Waals surface area contributed by atoms with Crippen LogP contribution in [-0.2, 0) is 4.79 Å². The summed E-state index contributed by atoms with van der Waals surface area (Å²) in [6, 6.07) is 13.7. The molecule has 1 heterocycles. The van der Waals surface area contributed by atoms with E-state index >= 15 is 0 Å². The molecule has 6 heteroatoms. The standard InChI is InChI=1S/C21H20O6/c22-17-11-15(26-10-6-2-5-9-19(23)24)12-18-21(17)16(13-20(25)27-18)14-7-3-1-4-8-14/h1,3-4,7-8,11-13,22H,2,5-6,9-10H2,(H,23,24). The molecule has 0 saturated carbocycles. The van der Waals surface area contributed by atoms with Gasteiger partial charge in [-0.3, -0.25) is 4.79 Å². The summed E-state index contributed by atoms with van der Waals surface area (Å²) >= 11 is 0. The molecule has 0 aliphatic heterocycles. The number of hydrogen-bond acceptors (Lipinski definition) is 5. The molecule has 27 heavy (non-hydrogen) atoms. The van der Waals surface area contributed by atoms with Crippen LogP contribution in [0, 0.1) is 0 Å². The van der Waals surface area contributed by atoms with Gasteiger partial charge >= 0.3 is 11.6 Å². The summed E-state index contributed by atoms with van der Waals surface area (Å²) in [7, 11) is 0. The van der Waals surface area contributed by atoms with Crippen molar-refractivity contribution in [3.05, 3.63) is 59.0 Å². The van der Waals surface area contributed by atoms with E-state index in [4.69, 9.17) is 14.3 Å². The highest BCUT2D eigenvalue weighted by Crippen LogP contribution is 2.36. The molecule has 0 bridgehead atoms. The first-order chi connectivity index (χ1) is 13.0. The molecular formula is C21H20O6. The predicted octanol–water partition coefficient (Wildman–Crippen LogP) is 4.19. The van der Waals surface area contributed by atoms with Crippen LogP contribution in [-0.4, -0.2) is 22.8 Å². The Kier molecular flexibility index (Phi) is 5.76. The van der Waals surface area contributed by atoms with Crippen LogP contribution in [0.25, 0.3) is 22.1 Å². The quantitative estimate of drug-likeness (QED) is 0.457. The molecule has 0 saturated heterocycles. The minimum atomic E-state index is -0.806. The molecule has 0 fully saturated rings. The van der Waals surface area contributed by atoms with Crippen molar-refractivity contribution in [1.82, 2.24) is 0 Å². The molecule has 6 nitrogen and oxygen atoms in total. The molecule has 140 valence electrons. The van der Waals surface area contributed by atoms with Crippen LogP contribution in [0.2, 0.25) is 0 Å². The highest BCUT2D eigenvalue weighted by Gasteiger charge is 2.14. The Bertz CT molecular complexity index is 991. The number of ether oxygens (including phenoxy) is 1. The van der Waals surface area contributed by atoms with Gasteiger partial charge in [-0.25, -0.2) is 4.79 Å². The lowest BCUT2D eigenvalue weighted by atomic mass is 10.0. The average Bonchev–Trinajstić information content (AvgIpc) is 2.64. The number of carbonyl (C=O) groups is 1. The van der Waals surface area contributed by atoms with Gasteiger partial charge in [-0.05, 0) is 24.8 Å². The van der Waals surface area contributed by atoms with E-state index in [1.54, 1.807) is 6.07 Å². The van der Waals surface area contributed by atoms with Gasteiger partial charge in [0.1, 0.15) is 17.1 Å². The second-order valence-electron chi connectivity index (χ2n) is 6.21. The monoisotopic (exact) mass is 368 g/mol. The Balaban J connectivity index is 1.81. The Hall–Kier alpha value is -3.28. The molecule has 0 atom stereocenters. The lowest BCUT2D eigenvalue weighted by Gasteiger charge is -2.11. The van der Waals surface area contributed by atoms with Crippen LogP contribution in [0.3, 0.4) is 0 Å². The summed E-state index contributed by atoms with van der Waals surface area (Å²) in [5.41, 5.74) is 1.14. The summed E-state index contributed by atoms with van der Waals surface area (Å²) in [6.45, 7) is 0.382. The summed E-state index contributed by atoms with van der Waals surface area (Å²) in [4.78, 5) is 22.4. The van der Waals surface area contributed by atoms with Crippen molar-refractivity contribution in [1.29, 1.82) is 0 Å². The molecule has 0 radical (unpaired) electrons. The van der Waals surface area contributed by atoms with E-state index in [1.807, 2.05) is 30.3 Å². The largest absolute Gasteiger partial charge is 0.507 e. The maximum absolute atomic E-state index is 12.0. The van der Waals surface area contributed by atoms with Crippen molar-refractivity contribution in [2.75, 3.05) is 6.61 Å². The SMILES string of the molecule is O=C(O)CCCCCOc1cc(O)c2c(-c3ccccc3)cc(=O)oc2c1. The summed E-state index contributed by atoms with van der Waals surface area (Å²) in [5, 5.41) is 19.5. The Morgan fingerprint density at radius 2 is 1.81 bits per heavy atom. The van der Waals surface area contributed by atoms with E-state index in [9.17, 15) is 14.7 Å². The third-order valence-corrected chi connectivity index (χ3v) is 4.19. The van der Waals surface area contributed by atoms with Gasteiger partial charge < -0.3 is 19.4 Å². The zero-order valence-electron chi connectivity index (χ0n) is 14.7. The van der Waals surface area contributed by atoms with Crippen LogP contribution in [0.1, 0.15) is 25.7 Å². The molecule has 1 aromatic heterocycles. The van der Waals surface area contributed by atoms with Crippen LogP contribution in [0.5, 0.6) is 11.5 Å². The molecule has 0 amide bonds. The van der Waals surface area contributed by atoms with Crippen molar-refractivity contribution >= 4 is 16.9 Å². The van der Waals surface area contributed by atoms with Crippen molar-refractivity contribution in [3.63, 3.8) is 0 Å². The molecule has 3 rings (SSSR count). The molecule has 3 aromatic rings. The number of aliphatic carboxylic acids is 1. The number of rotatable bonds is 8. The number of fused-ring (bicyclic) bond motifs is 1. The van der Waals surface area contributed by atoms with Crippen molar-refractivity contribution < 1.29 is 24.2 Å². The number of carboxylic acid groups (broad SMARTS) is 1. The fourth-order valence-corrected chi connectivity index (χ4v) is 2.93. The number of benzene rings is 2. The normalized spacial score (nSPS) is 10.8. The first kappa shape index (κ1) is 18.5. The van der Waals surface area contributed by atoms with Crippen LogP contribution >= 0.6 is 0 Å². The lowest BCUT2D eigenvalue weighted by molar-refractivity contribution is -0.137. The van der Waals surface area contributed by atoms with Gasteiger partial charge in [0, 0.05) is 30.2 Å². The van der Waals surface area contributed by atoms with E-state index in [-0.39, 0.29) is 17.8 Å². The topological polar surface area (TPSA) is 97.0 Å². The summed E-state index contributed by atoms with van der Waals surface area (Å²) < 4.78 is 10.9. The summed E-state index contributed by atoms with van der Waals surface area (Å²) in [6.07, 6.45) is 2.17. The van der Waals surface area contributed by atoms with Gasteiger partial charge in [-0.1, -0.05) is 30.3 Å². The zero-order valence-corrected chi connectivity index (χ0v) is 14.7. The number of carboxylic acids is 1. The first-order valence-electron chi connectivity index (χ1n) is 8.75. The highest BCUT2D eigenvalue weighted by molar-refractivity contribution is 5.98. The molecule has 2 N–H and O–H groups in total. The first-order valence-corrected chi connectivity index (χ1v) is 8.75.